The summed E-state index contributed by atoms with van der Waals surface area (Å²) < 4.78 is 16.2. The SMILES string of the molecule is COc1cc(/C=C/c2ccc(OC(C)C)cc2)cc(OC)c1. The third-order valence-electron chi connectivity index (χ3n) is 3.09. The molecule has 0 N–H and O–H groups in total. The predicted octanol–water partition coefficient (Wildman–Crippen LogP) is 4.66. The van der Waals surface area contributed by atoms with Gasteiger partial charge in [0.15, 0.2) is 0 Å². The molecule has 0 aliphatic heterocycles. The Morgan fingerprint density at radius 2 is 1.27 bits per heavy atom. The lowest BCUT2D eigenvalue weighted by Crippen LogP contribution is -2.05. The van der Waals surface area contributed by atoms with Gasteiger partial charge in [-0.25, -0.2) is 0 Å². The topological polar surface area (TPSA) is 27.7 Å². The molecule has 0 bridgehead atoms. The van der Waals surface area contributed by atoms with Gasteiger partial charge in [-0.05, 0) is 49.2 Å². The summed E-state index contributed by atoms with van der Waals surface area (Å²) in [7, 11) is 3.30. The lowest BCUT2D eigenvalue weighted by molar-refractivity contribution is 0.242. The third-order valence-corrected chi connectivity index (χ3v) is 3.09. The molecule has 22 heavy (non-hydrogen) atoms. The fourth-order valence-corrected chi connectivity index (χ4v) is 2.05. The lowest BCUT2D eigenvalue weighted by Gasteiger charge is -2.09. The number of hydrogen-bond acceptors (Lipinski definition) is 3. The minimum atomic E-state index is 0.186. The van der Waals surface area contributed by atoms with Crippen molar-refractivity contribution in [3.05, 3.63) is 53.6 Å². The quantitative estimate of drug-likeness (QED) is 0.726. The van der Waals surface area contributed by atoms with Crippen molar-refractivity contribution in [2.24, 2.45) is 0 Å². The van der Waals surface area contributed by atoms with E-state index in [1.54, 1.807) is 14.2 Å². The first-order valence-electron chi connectivity index (χ1n) is 7.28. The average Bonchev–Trinajstić information content (AvgIpc) is 2.53. The Morgan fingerprint density at radius 3 is 1.77 bits per heavy atom. The summed E-state index contributed by atoms with van der Waals surface area (Å²) in [6, 6.07) is 13.8. The highest BCUT2D eigenvalue weighted by Gasteiger charge is 2.00. The third kappa shape index (κ3) is 4.55. The van der Waals surface area contributed by atoms with Crippen LogP contribution in [0, 0.1) is 0 Å². The molecule has 3 nitrogen and oxygen atoms in total. The molecule has 116 valence electrons. The Morgan fingerprint density at radius 1 is 0.727 bits per heavy atom. The molecule has 0 aromatic heterocycles. The van der Waals surface area contributed by atoms with Crippen molar-refractivity contribution in [1.29, 1.82) is 0 Å². The minimum Gasteiger partial charge on any atom is -0.497 e. The lowest BCUT2D eigenvalue weighted by atomic mass is 10.1. The molecule has 0 aliphatic rings. The molecule has 3 heteroatoms. The van der Waals surface area contributed by atoms with E-state index >= 15 is 0 Å². The summed E-state index contributed by atoms with van der Waals surface area (Å²) in [6.45, 7) is 4.04. The maximum atomic E-state index is 5.64. The van der Waals surface area contributed by atoms with Crippen molar-refractivity contribution >= 4 is 12.2 Å². The van der Waals surface area contributed by atoms with E-state index in [1.807, 2.05) is 68.5 Å². The highest BCUT2D eigenvalue weighted by Crippen LogP contribution is 2.24. The van der Waals surface area contributed by atoms with E-state index in [4.69, 9.17) is 14.2 Å². The summed E-state index contributed by atoms with van der Waals surface area (Å²) in [6.07, 6.45) is 4.27. The van der Waals surface area contributed by atoms with E-state index in [0.717, 1.165) is 28.4 Å². The first kappa shape index (κ1) is 16.0. The fraction of sp³-hybridized carbons (Fsp3) is 0.263. The van der Waals surface area contributed by atoms with Gasteiger partial charge in [-0.2, -0.15) is 0 Å². The van der Waals surface area contributed by atoms with Crippen LogP contribution in [-0.2, 0) is 0 Å². The Labute approximate surface area is 132 Å². The maximum absolute atomic E-state index is 5.64. The molecule has 0 amide bonds. The van der Waals surface area contributed by atoms with Gasteiger partial charge in [0.05, 0.1) is 20.3 Å². The standard InChI is InChI=1S/C19H22O3/c1-14(2)22-17-9-7-15(8-10-17)5-6-16-11-18(20-3)13-19(12-16)21-4/h5-14H,1-4H3/b6-5+. The van der Waals surface area contributed by atoms with Gasteiger partial charge in [0.2, 0.25) is 0 Å². The fourth-order valence-electron chi connectivity index (χ4n) is 2.05. The van der Waals surface area contributed by atoms with Gasteiger partial charge in [0.25, 0.3) is 0 Å². The molecule has 2 rings (SSSR count). The molecular weight excluding hydrogens is 276 g/mol. The molecule has 0 atom stereocenters. The van der Waals surface area contributed by atoms with E-state index < -0.39 is 0 Å². The van der Waals surface area contributed by atoms with Gasteiger partial charge in [-0.15, -0.1) is 0 Å². The van der Waals surface area contributed by atoms with Crippen LogP contribution in [-0.4, -0.2) is 20.3 Å². The van der Waals surface area contributed by atoms with Crippen LogP contribution in [0.3, 0.4) is 0 Å². The molecule has 2 aromatic rings. The van der Waals surface area contributed by atoms with E-state index in [0.29, 0.717) is 0 Å². The predicted molar refractivity (Wildman–Crippen MR) is 90.7 cm³/mol. The second-order valence-electron chi connectivity index (χ2n) is 5.21. The summed E-state index contributed by atoms with van der Waals surface area (Å²) >= 11 is 0. The van der Waals surface area contributed by atoms with Gasteiger partial charge in [0, 0.05) is 6.07 Å². The summed E-state index contributed by atoms with van der Waals surface area (Å²) in [5.41, 5.74) is 2.14. The van der Waals surface area contributed by atoms with E-state index in [9.17, 15) is 0 Å². The monoisotopic (exact) mass is 298 g/mol. The zero-order valence-electron chi connectivity index (χ0n) is 13.5. The maximum Gasteiger partial charge on any atom is 0.123 e. The minimum absolute atomic E-state index is 0.186. The van der Waals surface area contributed by atoms with Crippen LogP contribution in [0.5, 0.6) is 17.2 Å². The highest BCUT2D eigenvalue weighted by molar-refractivity contribution is 5.71. The van der Waals surface area contributed by atoms with Crippen LogP contribution < -0.4 is 14.2 Å². The Kier molecular flexibility index (Phi) is 5.48. The van der Waals surface area contributed by atoms with Crippen LogP contribution >= 0.6 is 0 Å². The molecule has 0 fully saturated rings. The number of benzene rings is 2. The van der Waals surface area contributed by atoms with E-state index in [1.165, 1.54) is 0 Å². The zero-order valence-corrected chi connectivity index (χ0v) is 13.5. The first-order valence-corrected chi connectivity index (χ1v) is 7.28. The number of rotatable bonds is 6. The highest BCUT2D eigenvalue weighted by atomic mass is 16.5. The molecular formula is C19H22O3. The molecule has 0 saturated carbocycles. The number of hydrogen-bond donors (Lipinski definition) is 0. The molecule has 2 aromatic carbocycles. The Balaban J connectivity index is 2.14. The molecule has 0 saturated heterocycles. The van der Waals surface area contributed by atoms with Crippen LogP contribution in [0.15, 0.2) is 42.5 Å². The number of ether oxygens (including phenoxy) is 3. The second kappa shape index (κ2) is 7.55. The Hall–Kier alpha value is -2.42. The van der Waals surface area contributed by atoms with E-state index in [2.05, 4.69) is 0 Å². The smallest absolute Gasteiger partial charge is 0.123 e. The van der Waals surface area contributed by atoms with Crippen molar-refractivity contribution in [2.45, 2.75) is 20.0 Å². The van der Waals surface area contributed by atoms with Crippen molar-refractivity contribution in [3.63, 3.8) is 0 Å². The number of methoxy groups -OCH3 is 2. The van der Waals surface area contributed by atoms with Gasteiger partial charge >= 0.3 is 0 Å². The van der Waals surface area contributed by atoms with Crippen molar-refractivity contribution in [1.82, 2.24) is 0 Å². The second-order valence-corrected chi connectivity index (χ2v) is 5.21. The molecule has 0 radical (unpaired) electrons. The summed E-state index contributed by atoms with van der Waals surface area (Å²) in [5, 5.41) is 0. The first-order chi connectivity index (χ1) is 10.6. The van der Waals surface area contributed by atoms with Crippen LogP contribution in [0.4, 0.5) is 0 Å². The van der Waals surface area contributed by atoms with Crippen LogP contribution in [0.2, 0.25) is 0 Å². The summed E-state index contributed by atoms with van der Waals surface area (Å²) in [5.74, 6) is 2.44. The molecule has 0 heterocycles. The van der Waals surface area contributed by atoms with Crippen LogP contribution in [0.25, 0.3) is 12.2 Å². The normalized spacial score (nSPS) is 11.0. The zero-order chi connectivity index (χ0) is 15.9. The summed E-state index contributed by atoms with van der Waals surface area (Å²) in [4.78, 5) is 0. The van der Waals surface area contributed by atoms with Crippen molar-refractivity contribution in [2.75, 3.05) is 14.2 Å². The van der Waals surface area contributed by atoms with Gasteiger partial charge in [-0.3, -0.25) is 0 Å². The molecule has 0 aliphatic carbocycles. The van der Waals surface area contributed by atoms with E-state index in [-0.39, 0.29) is 6.10 Å². The molecule has 0 spiro atoms. The molecule has 0 unspecified atom stereocenters. The van der Waals surface area contributed by atoms with Crippen LogP contribution in [0.1, 0.15) is 25.0 Å². The van der Waals surface area contributed by atoms with Crippen molar-refractivity contribution < 1.29 is 14.2 Å². The Bertz CT molecular complexity index is 605. The van der Waals surface area contributed by atoms with Gasteiger partial charge in [-0.1, -0.05) is 24.3 Å². The van der Waals surface area contributed by atoms with Gasteiger partial charge < -0.3 is 14.2 Å². The average molecular weight is 298 g/mol. The van der Waals surface area contributed by atoms with Gasteiger partial charge in [0.1, 0.15) is 17.2 Å². The van der Waals surface area contributed by atoms with Crippen molar-refractivity contribution in [3.8, 4) is 17.2 Å². The largest absolute Gasteiger partial charge is 0.497 e.